The van der Waals surface area contributed by atoms with Gasteiger partial charge in [-0.05, 0) is 0 Å². The van der Waals surface area contributed by atoms with Gasteiger partial charge in [0.15, 0.2) is 0 Å². The Hall–Kier alpha value is 1.14. The van der Waals surface area contributed by atoms with E-state index < -0.39 is 15.6 Å². The number of phosphoric acid groups is 2. The maximum Gasteiger partial charge on any atom is 4.00 e. The Morgan fingerprint density at radius 3 is 1.10 bits per heavy atom. The summed E-state index contributed by atoms with van der Waals surface area (Å²) in [7, 11) is -11.4. The molecule has 0 N–H and O–H groups in total. The number of hydrogen-bond acceptors (Lipinski definition) is 7. The zero-order valence-electron chi connectivity index (χ0n) is 4.25. The molecule has 0 saturated heterocycles. The summed E-state index contributed by atoms with van der Waals surface area (Å²) in [5, 5.41) is 0. The van der Waals surface area contributed by atoms with Gasteiger partial charge in [0, 0.05) is 0 Å². The van der Waals surface area contributed by atoms with Gasteiger partial charge in [-0.2, -0.15) is 0 Å². The molecule has 0 aliphatic carbocycles. The molecule has 56 valence electrons. The molecule has 0 rings (SSSR count). The normalized spacial score (nSPS) is 12.4. The molecule has 0 heterocycles. The van der Waals surface area contributed by atoms with E-state index in [0.29, 0.717) is 0 Å². The van der Waals surface area contributed by atoms with E-state index in [1.807, 2.05) is 0 Å². The molecule has 0 radical (unpaired) electrons. The van der Waals surface area contributed by atoms with E-state index in [0.717, 1.165) is 0 Å². The summed E-state index contributed by atoms with van der Waals surface area (Å²) in [6.45, 7) is 0. The molecule has 0 fully saturated rings. The van der Waals surface area contributed by atoms with Crippen LogP contribution in [0, 0.1) is 0 Å². The van der Waals surface area contributed by atoms with Gasteiger partial charge in [0.1, 0.15) is 0 Å². The minimum Gasteiger partial charge on any atom is -0.790 e. The second kappa shape index (κ2) is 4.24. The predicted octanol–water partition coefficient (Wildman–Crippen LogP) is -3.34. The van der Waals surface area contributed by atoms with Gasteiger partial charge in [-0.1, -0.05) is 0 Å². The maximum atomic E-state index is 9.32. The smallest absolute Gasteiger partial charge is 0.790 e. The molecule has 0 atom stereocenters. The molecule has 0 aliphatic rings. The Labute approximate surface area is 75.0 Å². The average molecular weight is 265 g/mol. The molecule has 0 aromatic heterocycles. The van der Waals surface area contributed by atoms with Gasteiger partial charge in [0.05, 0.1) is 15.6 Å². The zero-order valence-corrected chi connectivity index (χ0v) is 8.50. The molecule has 0 aromatic rings. The summed E-state index contributed by atoms with van der Waals surface area (Å²) < 4.78 is 21.2. The van der Waals surface area contributed by atoms with Gasteiger partial charge in [-0.25, -0.2) is 0 Å². The first-order chi connectivity index (χ1) is 3.71. The molecule has 0 aromatic carbocycles. The second-order valence-corrected chi connectivity index (χ2v) is 3.42. The van der Waals surface area contributed by atoms with Gasteiger partial charge >= 0.3 is 26.2 Å². The minimum atomic E-state index is -5.68. The van der Waals surface area contributed by atoms with Crippen LogP contribution in [0.25, 0.3) is 0 Å². The quantitative estimate of drug-likeness (QED) is 0.476. The van der Waals surface area contributed by atoms with Crippen molar-refractivity contribution in [3.8, 4) is 0 Å². The third kappa shape index (κ3) is 11.9. The summed E-state index contributed by atoms with van der Waals surface area (Å²) in [4.78, 5) is 37.3. The Bertz CT molecular complexity index is 152. The van der Waals surface area contributed by atoms with Crippen molar-refractivity contribution in [3.05, 3.63) is 0 Å². The Kier molecular flexibility index (Phi) is 5.81. The second-order valence-electron chi connectivity index (χ2n) is 0.976. The van der Waals surface area contributed by atoms with Gasteiger partial charge in [0.25, 0.3) is 0 Å². The van der Waals surface area contributed by atoms with E-state index in [-0.39, 0.29) is 26.2 Å². The van der Waals surface area contributed by atoms with E-state index in [4.69, 9.17) is 0 Å². The first-order valence-electron chi connectivity index (χ1n) is 1.46. The summed E-state index contributed by atoms with van der Waals surface area (Å²) in [6, 6.07) is 0. The summed E-state index contributed by atoms with van der Waals surface area (Å²) in [6.07, 6.45) is 0. The molecule has 10 heavy (non-hydrogen) atoms. The van der Waals surface area contributed by atoms with Crippen molar-refractivity contribution >= 4 is 15.6 Å². The van der Waals surface area contributed by atoms with Crippen molar-refractivity contribution in [1.29, 1.82) is 0 Å². The molecule has 0 spiro atoms. The first kappa shape index (κ1) is 13.7. The van der Waals surface area contributed by atoms with Crippen LogP contribution in [-0.4, -0.2) is 0 Å². The molecule has 10 heteroatoms. The standard InChI is InChI=1S/H4O7P2.Zr/c1-8(2,3)7-9(4,5)6;/h(H2,1,2,3)(H2,4,5,6);/q;+4/p-4. The van der Waals surface area contributed by atoms with Gasteiger partial charge in [0.2, 0.25) is 0 Å². The molecule has 0 bridgehead atoms. The Morgan fingerprint density at radius 1 is 0.900 bits per heavy atom. The van der Waals surface area contributed by atoms with E-state index >= 15 is 0 Å². The topological polar surface area (TPSA) is 136 Å². The van der Waals surface area contributed by atoms with Gasteiger partial charge in [-0.15, -0.1) is 0 Å². The molecule has 0 amide bonds. The van der Waals surface area contributed by atoms with Crippen molar-refractivity contribution in [1.82, 2.24) is 0 Å². The summed E-state index contributed by atoms with van der Waals surface area (Å²) in [5.41, 5.74) is 0. The molecule has 0 saturated carbocycles. The first-order valence-corrected chi connectivity index (χ1v) is 4.38. The van der Waals surface area contributed by atoms with E-state index in [1.165, 1.54) is 0 Å². The monoisotopic (exact) mass is 264 g/mol. The average Bonchev–Trinajstić information content (AvgIpc) is 1.14. The van der Waals surface area contributed by atoms with Crippen LogP contribution in [0.4, 0.5) is 0 Å². The van der Waals surface area contributed by atoms with Crippen LogP contribution in [0.1, 0.15) is 0 Å². The summed E-state index contributed by atoms with van der Waals surface area (Å²) >= 11 is 0. The van der Waals surface area contributed by atoms with E-state index in [2.05, 4.69) is 4.31 Å². The molecule has 0 unspecified atom stereocenters. The minimum absolute atomic E-state index is 0. The molecular weight excluding hydrogens is 265 g/mol. The van der Waals surface area contributed by atoms with Crippen LogP contribution in [-0.2, 0) is 39.6 Å². The van der Waals surface area contributed by atoms with Crippen LogP contribution in [0.5, 0.6) is 0 Å². The third-order valence-corrected chi connectivity index (χ3v) is 1.80. The van der Waals surface area contributed by atoms with E-state index in [9.17, 15) is 28.7 Å². The van der Waals surface area contributed by atoms with Crippen molar-refractivity contribution in [2.75, 3.05) is 0 Å². The van der Waals surface area contributed by atoms with E-state index in [1.54, 1.807) is 0 Å². The van der Waals surface area contributed by atoms with Crippen molar-refractivity contribution in [2.24, 2.45) is 0 Å². The Balaban J connectivity index is 0. The van der Waals surface area contributed by atoms with Crippen LogP contribution in [0.15, 0.2) is 0 Å². The molecular formula is O7P2Zr. The zero-order chi connectivity index (χ0) is 7.71. The SMILES string of the molecule is O=P([O-])([O-])OP(=O)([O-])[O-].[Zr+4]. The van der Waals surface area contributed by atoms with Crippen LogP contribution >= 0.6 is 15.6 Å². The summed E-state index contributed by atoms with van der Waals surface area (Å²) in [5.74, 6) is 0. The fourth-order valence-corrected chi connectivity index (χ4v) is 1.10. The van der Waals surface area contributed by atoms with Crippen molar-refractivity contribution < 1.29 is 59.2 Å². The fourth-order valence-electron chi connectivity index (χ4n) is 0.122. The fraction of sp³-hybridized carbons (Fsp3) is 0. The maximum absolute atomic E-state index is 9.32. The van der Waals surface area contributed by atoms with Gasteiger partial charge < -0.3 is 33.0 Å². The molecule has 0 aliphatic heterocycles. The van der Waals surface area contributed by atoms with Gasteiger partial charge in [-0.3, -0.25) is 0 Å². The van der Waals surface area contributed by atoms with Crippen LogP contribution in [0.2, 0.25) is 0 Å². The Morgan fingerprint density at radius 2 is 1.10 bits per heavy atom. The number of hydrogen-bond donors (Lipinski definition) is 0. The number of rotatable bonds is 2. The predicted molar refractivity (Wildman–Crippen MR) is 16.3 cm³/mol. The van der Waals surface area contributed by atoms with Crippen LogP contribution in [0.3, 0.4) is 0 Å². The van der Waals surface area contributed by atoms with Crippen molar-refractivity contribution in [2.45, 2.75) is 0 Å². The largest absolute Gasteiger partial charge is 4.00 e. The molecule has 7 nitrogen and oxygen atoms in total. The van der Waals surface area contributed by atoms with Crippen molar-refractivity contribution in [3.63, 3.8) is 0 Å². The van der Waals surface area contributed by atoms with Crippen LogP contribution < -0.4 is 19.6 Å². The third-order valence-electron chi connectivity index (χ3n) is 0.200.